The highest BCUT2D eigenvalue weighted by molar-refractivity contribution is 7.92. The van der Waals surface area contributed by atoms with Crippen LogP contribution in [0.15, 0.2) is 71.6 Å². The highest BCUT2D eigenvalue weighted by Crippen LogP contribution is 2.25. The fourth-order valence-corrected chi connectivity index (χ4v) is 4.12. The summed E-state index contributed by atoms with van der Waals surface area (Å²) in [6.45, 7) is 0. The molecule has 0 radical (unpaired) electrons. The van der Waals surface area contributed by atoms with Crippen LogP contribution in [-0.4, -0.2) is 29.5 Å². The van der Waals surface area contributed by atoms with Gasteiger partial charge in [0.15, 0.2) is 0 Å². The zero-order chi connectivity index (χ0) is 20.6. The third kappa shape index (κ3) is 3.80. The molecule has 29 heavy (non-hydrogen) atoms. The number of aromatic amines is 1. The number of hydrogen-bond donors (Lipinski definition) is 3. The molecular formula is C20H14ClN3O4S. The third-order valence-corrected chi connectivity index (χ3v) is 5.99. The quantitative estimate of drug-likeness (QED) is 0.437. The van der Waals surface area contributed by atoms with Crippen molar-refractivity contribution in [3.8, 4) is 11.4 Å². The van der Waals surface area contributed by atoms with Gasteiger partial charge in [-0.3, -0.25) is 4.72 Å². The molecule has 4 aromatic rings. The van der Waals surface area contributed by atoms with E-state index >= 15 is 0 Å². The molecular weight excluding hydrogens is 414 g/mol. The van der Waals surface area contributed by atoms with E-state index in [1.807, 2.05) is 24.3 Å². The maximum Gasteiger partial charge on any atom is 0.337 e. The van der Waals surface area contributed by atoms with Gasteiger partial charge >= 0.3 is 5.97 Å². The number of aromatic carboxylic acids is 1. The Morgan fingerprint density at radius 1 is 1.03 bits per heavy atom. The largest absolute Gasteiger partial charge is 0.478 e. The number of fused-ring (bicyclic) bond motifs is 1. The van der Waals surface area contributed by atoms with E-state index in [2.05, 4.69) is 14.7 Å². The third-order valence-electron chi connectivity index (χ3n) is 4.28. The lowest BCUT2D eigenvalue weighted by atomic mass is 10.2. The van der Waals surface area contributed by atoms with Crippen LogP contribution in [0.4, 0.5) is 5.69 Å². The van der Waals surface area contributed by atoms with Crippen molar-refractivity contribution < 1.29 is 18.3 Å². The molecule has 0 aliphatic carbocycles. The first-order chi connectivity index (χ1) is 13.8. The summed E-state index contributed by atoms with van der Waals surface area (Å²) in [4.78, 5) is 18.7. The highest BCUT2D eigenvalue weighted by Gasteiger charge is 2.18. The van der Waals surface area contributed by atoms with E-state index in [-0.39, 0.29) is 15.5 Å². The van der Waals surface area contributed by atoms with Crippen molar-refractivity contribution in [3.63, 3.8) is 0 Å². The molecule has 146 valence electrons. The number of halogens is 1. The first-order valence-corrected chi connectivity index (χ1v) is 10.3. The molecule has 0 bridgehead atoms. The van der Waals surface area contributed by atoms with Crippen LogP contribution >= 0.6 is 11.6 Å². The smallest absolute Gasteiger partial charge is 0.337 e. The van der Waals surface area contributed by atoms with Crippen LogP contribution in [0, 0.1) is 0 Å². The van der Waals surface area contributed by atoms with Gasteiger partial charge in [-0.15, -0.1) is 0 Å². The average Bonchev–Trinajstić information content (AvgIpc) is 3.12. The Bertz CT molecular complexity index is 1300. The second-order valence-electron chi connectivity index (χ2n) is 6.23. The lowest BCUT2D eigenvalue weighted by molar-refractivity contribution is 0.0697. The summed E-state index contributed by atoms with van der Waals surface area (Å²) in [5.41, 5.74) is 2.59. The number of carboxylic acid groups (broad SMARTS) is 1. The van der Waals surface area contributed by atoms with Crippen LogP contribution < -0.4 is 4.72 Å². The monoisotopic (exact) mass is 427 g/mol. The molecule has 1 heterocycles. The minimum atomic E-state index is -3.98. The summed E-state index contributed by atoms with van der Waals surface area (Å²) in [6.07, 6.45) is 0. The van der Waals surface area contributed by atoms with Gasteiger partial charge in [0, 0.05) is 11.3 Å². The summed E-state index contributed by atoms with van der Waals surface area (Å²) >= 11 is 5.80. The Kier molecular flexibility index (Phi) is 4.73. The number of anilines is 1. The van der Waals surface area contributed by atoms with Crippen LogP contribution in [0.25, 0.3) is 22.4 Å². The molecule has 3 aromatic carbocycles. The predicted molar refractivity (Wildman–Crippen MR) is 111 cm³/mol. The zero-order valence-corrected chi connectivity index (χ0v) is 16.3. The van der Waals surface area contributed by atoms with Gasteiger partial charge in [0.25, 0.3) is 10.0 Å². The maximum absolute atomic E-state index is 12.6. The Labute approximate surface area is 171 Å². The number of carbonyl (C=O) groups is 1. The molecule has 0 spiro atoms. The predicted octanol–water partition coefficient (Wildman–Crippen LogP) is 4.38. The van der Waals surface area contributed by atoms with Crippen LogP contribution in [0.5, 0.6) is 0 Å². The Morgan fingerprint density at radius 3 is 2.45 bits per heavy atom. The number of rotatable bonds is 5. The van der Waals surface area contributed by atoms with Gasteiger partial charge in [-0.1, -0.05) is 23.7 Å². The van der Waals surface area contributed by atoms with E-state index in [1.54, 1.807) is 24.3 Å². The van der Waals surface area contributed by atoms with E-state index in [4.69, 9.17) is 16.7 Å². The Morgan fingerprint density at radius 2 is 1.76 bits per heavy atom. The zero-order valence-electron chi connectivity index (χ0n) is 14.8. The number of para-hydroxylation sites is 2. The van der Waals surface area contributed by atoms with Crippen molar-refractivity contribution >= 4 is 44.3 Å². The van der Waals surface area contributed by atoms with Gasteiger partial charge < -0.3 is 10.1 Å². The SMILES string of the molecule is O=C(O)c1cc(S(=O)(=O)Nc2ccc(-c3nc4ccccc4[nH]3)cc2)ccc1Cl. The van der Waals surface area contributed by atoms with Gasteiger partial charge in [0.1, 0.15) is 5.82 Å². The van der Waals surface area contributed by atoms with Gasteiger partial charge in [0.2, 0.25) is 0 Å². The molecule has 0 unspecified atom stereocenters. The summed E-state index contributed by atoms with van der Waals surface area (Å²) in [5.74, 6) is -0.633. The van der Waals surface area contributed by atoms with Crippen molar-refractivity contribution in [2.24, 2.45) is 0 Å². The number of hydrogen-bond acceptors (Lipinski definition) is 4. The molecule has 0 saturated carbocycles. The van der Waals surface area contributed by atoms with Gasteiger partial charge in [0.05, 0.1) is 26.5 Å². The second kappa shape index (κ2) is 7.23. The van der Waals surface area contributed by atoms with Gasteiger partial charge in [-0.25, -0.2) is 18.2 Å². The standard InChI is InChI=1S/C20H14ClN3O4S/c21-16-10-9-14(11-15(16)20(25)26)29(27,28)24-13-7-5-12(6-8-13)19-22-17-3-1-2-4-18(17)23-19/h1-11,24H,(H,22,23)(H,25,26). The van der Waals surface area contributed by atoms with E-state index < -0.39 is 16.0 Å². The van der Waals surface area contributed by atoms with Crippen molar-refractivity contribution in [1.82, 2.24) is 9.97 Å². The average molecular weight is 428 g/mol. The number of sulfonamides is 1. The minimum Gasteiger partial charge on any atom is -0.478 e. The molecule has 0 atom stereocenters. The lowest BCUT2D eigenvalue weighted by Crippen LogP contribution is -2.14. The van der Waals surface area contributed by atoms with Gasteiger partial charge in [-0.2, -0.15) is 0 Å². The molecule has 0 aliphatic rings. The number of benzene rings is 3. The Balaban J connectivity index is 1.59. The lowest BCUT2D eigenvalue weighted by Gasteiger charge is -2.10. The fourth-order valence-electron chi connectivity index (χ4n) is 2.84. The summed E-state index contributed by atoms with van der Waals surface area (Å²) in [7, 11) is -3.98. The highest BCUT2D eigenvalue weighted by atomic mass is 35.5. The van der Waals surface area contributed by atoms with Crippen molar-refractivity contribution in [2.75, 3.05) is 4.72 Å². The van der Waals surface area contributed by atoms with Crippen molar-refractivity contribution in [2.45, 2.75) is 4.90 Å². The van der Waals surface area contributed by atoms with Crippen molar-refractivity contribution in [3.05, 3.63) is 77.3 Å². The van der Waals surface area contributed by atoms with E-state index in [0.717, 1.165) is 22.7 Å². The second-order valence-corrected chi connectivity index (χ2v) is 8.32. The van der Waals surface area contributed by atoms with Crippen LogP contribution in [0.2, 0.25) is 5.02 Å². The number of carboxylic acids is 1. The first kappa shape index (κ1) is 19.0. The molecule has 0 saturated heterocycles. The normalized spacial score (nSPS) is 11.5. The molecule has 3 N–H and O–H groups in total. The molecule has 7 nitrogen and oxygen atoms in total. The number of nitrogens with zero attached hydrogens (tertiary/aromatic N) is 1. The van der Waals surface area contributed by atoms with E-state index in [0.29, 0.717) is 11.5 Å². The summed E-state index contributed by atoms with van der Waals surface area (Å²) < 4.78 is 27.6. The maximum atomic E-state index is 12.6. The number of nitrogens with one attached hydrogen (secondary N) is 2. The van der Waals surface area contributed by atoms with E-state index in [1.165, 1.54) is 12.1 Å². The van der Waals surface area contributed by atoms with E-state index in [9.17, 15) is 13.2 Å². The molecule has 9 heteroatoms. The molecule has 0 amide bonds. The first-order valence-electron chi connectivity index (χ1n) is 8.44. The minimum absolute atomic E-state index is 0.0355. The molecule has 0 aliphatic heterocycles. The van der Waals surface area contributed by atoms with Crippen LogP contribution in [0.1, 0.15) is 10.4 Å². The molecule has 0 fully saturated rings. The number of imidazole rings is 1. The Hall–Kier alpha value is -3.36. The summed E-state index contributed by atoms with van der Waals surface area (Å²) in [5, 5.41) is 9.09. The van der Waals surface area contributed by atoms with Crippen molar-refractivity contribution in [1.29, 1.82) is 0 Å². The topological polar surface area (TPSA) is 112 Å². The van der Waals surface area contributed by atoms with Crippen LogP contribution in [-0.2, 0) is 10.0 Å². The summed E-state index contributed by atoms with van der Waals surface area (Å²) in [6, 6.07) is 17.8. The number of H-pyrrole nitrogens is 1. The number of aromatic nitrogens is 2. The molecule has 4 rings (SSSR count). The fraction of sp³-hybridized carbons (Fsp3) is 0. The van der Waals surface area contributed by atoms with Crippen LogP contribution in [0.3, 0.4) is 0 Å². The molecule has 1 aromatic heterocycles. The van der Waals surface area contributed by atoms with Gasteiger partial charge in [-0.05, 0) is 54.6 Å².